The number of aromatic nitrogens is 1. The number of aliphatic hydroxyl groups is 1. The Morgan fingerprint density at radius 3 is 2.94 bits per heavy atom. The summed E-state index contributed by atoms with van der Waals surface area (Å²) in [6.07, 6.45) is 3.83. The van der Waals surface area contributed by atoms with E-state index in [1.165, 1.54) is 0 Å². The zero-order chi connectivity index (χ0) is 12.7. The highest BCUT2D eigenvalue weighted by molar-refractivity contribution is 5.68. The largest absolute Gasteiger partial charge is 0.392 e. The zero-order valence-electron chi connectivity index (χ0n) is 10.6. The second kappa shape index (κ2) is 7.09. The maximum Gasteiger partial charge on any atom is 0.0761 e. The second-order valence-corrected chi connectivity index (χ2v) is 3.90. The van der Waals surface area contributed by atoms with E-state index >= 15 is 0 Å². The van der Waals surface area contributed by atoms with E-state index in [4.69, 9.17) is 5.73 Å². The lowest BCUT2D eigenvalue weighted by Crippen LogP contribution is -2.30. The first-order valence-electron chi connectivity index (χ1n) is 5.97. The molecule has 96 valence electrons. The van der Waals surface area contributed by atoms with E-state index in [2.05, 4.69) is 22.1 Å². The van der Waals surface area contributed by atoms with E-state index in [-0.39, 0.29) is 0 Å². The van der Waals surface area contributed by atoms with Crippen LogP contribution in [0.1, 0.15) is 13.3 Å². The quantitative estimate of drug-likeness (QED) is 0.650. The minimum absolute atomic E-state index is 0.312. The van der Waals surface area contributed by atoms with Crippen molar-refractivity contribution < 1.29 is 5.11 Å². The number of rotatable bonds is 7. The van der Waals surface area contributed by atoms with Gasteiger partial charge in [0.15, 0.2) is 0 Å². The Balaban J connectivity index is 2.72. The molecule has 0 saturated heterocycles. The standard InChI is InChI=1S/C12H22N4O/c1-3-16(7-5-10(17)8-13)12-4-6-15-9-11(12)14-2/h4,6,9-10,14,17H,3,5,7-8,13H2,1-2H3. The molecule has 0 fully saturated rings. The predicted octanol–water partition coefficient (Wildman–Crippen LogP) is 0.659. The summed E-state index contributed by atoms with van der Waals surface area (Å²) in [5.41, 5.74) is 7.51. The van der Waals surface area contributed by atoms with Crippen molar-refractivity contribution in [3.05, 3.63) is 18.5 Å². The van der Waals surface area contributed by atoms with Crippen LogP contribution in [0.5, 0.6) is 0 Å². The molecule has 1 rings (SSSR count). The van der Waals surface area contributed by atoms with Crippen LogP contribution < -0.4 is 16.0 Å². The van der Waals surface area contributed by atoms with E-state index < -0.39 is 6.10 Å². The number of nitrogens with one attached hydrogen (secondary N) is 1. The van der Waals surface area contributed by atoms with E-state index in [1.807, 2.05) is 13.1 Å². The molecule has 1 unspecified atom stereocenters. The molecule has 0 spiro atoms. The molecule has 1 heterocycles. The minimum Gasteiger partial charge on any atom is -0.392 e. The smallest absolute Gasteiger partial charge is 0.0761 e. The van der Waals surface area contributed by atoms with Crippen LogP contribution in [0.3, 0.4) is 0 Å². The van der Waals surface area contributed by atoms with Crippen LogP contribution in [0, 0.1) is 0 Å². The van der Waals surface area contributed by atoms with Crippen LogP contribution in [-0.4, -0.2) is 42.9 Å². The highest BCUT2D eigenvalue weighted by Gasteiger charge is 2.10. The highest BCUT2D eigenvalue weighted by atomic mass is 16.3. The molecule has 0 aliphatic carbocycles. The third-order valence-electron chi connectivity index (χ3n) is 2.79. The number of hydrogen-bond donors (Lipinski definition) is 3. The van der Waals surface area contributed by atoms with Gasteiger partial charge in [0.05, 0.1) is 23.7 Å². The SMILES string of the molecule is CCN(CCC(O)CN)c1ccncc1NC. The average molecular weight is 238 g/mol. The predicted molar refractivity (Wildman–Crippen MR) is 71.3 cm³/mol. The molecule has 1 atom stereocenters. The molecular formula is C12H22N4O. The van der Waals surface area contributed by atoms with Gasteiger partial charge in [-0.2, -0.15) is 0 Å². The molecule has 0 aliphatic rings. The molecule has 0 aromatic carbocycles. The summed E-state index contributed by atoms with van der Waals surface area (Å²) in [4.78, 5) is 6.29. The Morgan fingerprint density at radius 2 is 2.35 bits per heavy atom. The van der Waals surface area contributed by atoms with Gasteiger partial charge in [0.25, 0.3) is 0 Å². The highest BCUT2D eigenvalue weighted by Crippen LogP contribution is 2.23. The van der Waals surface area contributed by atoms with Crippen molar-refractivity contribution in [2.75, 3.05) is 36.9 Å². The topological polar surface area (TPSA) is 74.4 Å². The first kappa shape index (κ1) is 13.7. The van der Waals surface area contributed by atoms with Crippen molar-refractivity contribution in [3.63, 3.8) is 0 Å². The molecule has 1 aromatic rings. The second-order valence-electron chi connectivity index (χ2n) is 3.90. The summed E-state index contributed by atoms with van der Waals surface area (Å²) in [5.74, 6) is 0. The fourth-order valence-corrected chi connectivity index (χ4v) is 1.73. The van der Waals surface area contributed by atoms with Gasteiger partial charge >= 0.3 is 0 Å². The summed E-state index contributed by atoms with van der Waals surface area (Å²) >= 11 is 0. The van der Waals surface area contributed by atoms with Crippen molar-refractivity contribution >= 4 is 11.4 Å². The van der Waals surface area contributed by atoms with Gasteiger partial charge in [-0.3, -0.25) is 4.98 Å². The average Bonchev–Trinajstić information content (AvgIpc) is 2.39. The molecule has 0 amide bonds. The Bertz CT molecular complexity index is 332. The first-order valence-corrected chi connectivity index (χ1v) is 5.97. The van der Waals surface area contributed by atoms with Gasteiger partial charge in [-0.15, -0.1) is 0 Å². The number of pyridine rings is 1. The Morgan fingerprint density at radius 1 is 1.59 bits per heavy atom. The molecule has 5 heteroatoms. The summed E-state index contributed by atoms with van der Waals surface area (Å²) in [6, 6.07) is 1.98. The lowest BCUT2D eigenvalue weighted by atomic mass is 10.2. The molecule has 5 nitrogen and oxygen atoms in total. The minimum atomic E-state index is -0.427. The van der Waals surface area contributed by atoms with Gasteiger partial charge in [-0.25, -0.2) is 0 Å². The van der Waals surface area contributed by atoms with Crippen LogP contribution in [0.15, 0.2) is 18.5 Å². The van der Waals surface area contributed by atoms with Crippen molar-refractivity contribution in [1.29, 1.82) is 0 Å². The monoisotopic (exact) mass is 238 g/mol. The first-order chi connectivity index (χ1) is 8.22. The van der Waals surface area contributed by atoms with Crippen molar-refractivity contribution in [3.8, 4) is 0 Å². The van der Waals surface area contributed by atoms with Crippen molar-refractivity contribution in [1.82, 2.24) is 4.98 Å². The lowest BCUT2D eigenvalue weighted by molar-refractivity contribution is 0.174. The van der Waals surface area contributed by atoms with Crippen LogP contribution in [0.4, 0.5) is 11.4 Å². The van der Waals surface area contributed by atoms with Crippen LogP contribution in [-0.2, 0) is 0 Å². The van der Waals surface area contributed by atoms with Gasteiger partial charge in [-0.05, 0) is 19.4 Å². The maximum absolute atomic E-state index is 9.50. The fraction of sp³-hybridized carbons (Fsp3) is 0.583. The van der Waals surface area contributed by atoms with Gasteiger partial charge in [0.2, 0.25) is 0 Å². The molecule has 4 N–H and O–H groups in total. The van der Waals surface area contributed by atoms with Crippen molar-refractivity contribution in [2.45, 2.75) is 19.4 Å². The van der Waals surface area contributed by atoms with Gasteiger partial charge < -0.3 is 21.1 Å². The zero-order valence-corrected chi connectivity index (χ0v) is 10.6. The van der Waals surface area contributed by atoms with Crippen LogP contribution in [0.25, 0.3) is 0 Å². The number of aliphatic hydroxyl groups excluding tert-OH is 1. The maximum atomic E-state index is 9.50. The number of hydrogen-bond acceptors (Lipinski definition) is 5. The number of anilines is 2. The molecule has 0 bridgehead atoms. The van der Waals surface area contributed by atoms with Gasteiger partial charge in [0, 0.05) is 32.9 Å². The van der Waals surface area contributed by atoms with Gasteiger partial charge in [0.1, 0.15) is 0 Å². The molecular weight excluding hydrogens is 216 g/mol. The Kier molecular flexibility index (Phi) is 5.72. The normalized spacial score (nSPS) is 12.2. The Hall–Kier alpha value is -1.33. The van der Waals surface area contributed by atoms with Crippen LogP contribution in [0.2, 0.25) is 0 Å². The molecule has 0 saturated carbocycles. The van der Waals surface area contributed by atoms with E-state index in [9.17, 15) is 5.11 Å². The van der Waals surface area contributed by atoms with Crippen molar-refractivity contribution in [2.24, 2.45) is 5.73 Å². The third kappa shape index (κ3) is 3.87. The van der Waals surface area contributed by atoms with E-state index in [0.717, 1.165) is 24.5 Å². The fourth-order valence-electron chi connectivity index (χ4n) is 1.73. The lowest BCUT2D eigenvalue weighted by Gasteiger charge is -2.26. The van der Waals surface area contributed by atoms with E-state index in [0.29, 0.717) is 13.0 Å². The summed E-state index contributed by atoms with van der Waals surface area (Å²) in [7, 11) is 1.88. The summed E-state index contributed by atoms with van der Waals surface area (Å²) < 4.78 is 0. The Labute approximate surface area is 103 Å². The molecule has 0 radical (unpaired) electrons. The molecule has 17 heavy (non-hydrogen) atoms. The molecule has 0 aliphatic heterocycles. The summed E-state index contributed by atoms with van der Waals surface area (Å²) in [6.45, 7) is 4.07. The van der Waals surface area contributed by atoms with Gasteiger partial charge in [-0.1, -0.05) is 0 Å². The number of nitrogens with two attached hydrogens (primary N) is 1. The number of nitrogens with zero attached hydrogens (tertiary/aromatic N) is 2. The van der Waals surface area contributed by atoms with E-state index in [1.54, 1.807) is 12.4 Å². The third-order valence-corrected chi connectivity index (χ3v) is 2.79. The summed E-state index contributed by atoms with van der Waals surface area (Å²) in [5, 5.41) is 12.6. The molecule has 1 aromatic heterocycles. The van der Waals surface area contributed by atoms with Crippen LogP contribution >= 0.6 is 0 Å².